The van der Waals surface area contributed by atoms with Crippen LogP contribution in [-0.4, -0.2) is 22.6 Å². The third kappa shape index (κ3) is 3.05. The number of halogens is 1. The van der Waals surface area contributed by atoms with Gasteiger partial charge in [-0.25, -0.2) is 8.42 Å². The first-order valence-electron chi connectivity index (χ1n) is 6.67. The van der Waals surface area contributed by atoms with Crippen molar-refractivity contribution in [2.45, 2.75) is 18.7 Å². The summed E-state index contributed by atoms with van der Waals surface area (Å²) in [5.74, 6) is 0.439. The monoisotopic (exact) mass is 339 g/mol. The average molecular weight is 340 g/mol. The second kappa shape index (κ2) is 6.18. The van der Waals surface area contributed by atoms with Gasteiger partial charge in [-0.1, -0.05) is 17.7 Å². The van der Waals surface area contributed by atoms with Gasteiger partial charge in [-0.3, -0.25) is 4.31 Å². The molecular weight excluding hydrogens is 322 g/mol. The second-order valence-electron chi connectivity index (χ2n) is 5.04. The molecule has 118 valence electrons. The van der Waals surface area contributed by atoms with Crippen LogP contribution in [0, 0.1) is 13.8 Å². The summed E-state index contributed by atoms with van der Waals surface area (Å²) in [7, 11) is -0.668. The van der Waals surface area contributed by atoms with Gasteiger partial charge >= 0.3 is 0 Å². The van der Waals surface area contributed by atoms with Crippen molar-refractivity contribution in [2.75, 3.05) is 18.5 Å². The summed E-state index contributed by atoms with van der Waals surface area (Å²) in [6.45, 7) is 3.93. The highest BCUT2D eigenvalue weighted by Gasteiger charge is 2.22. The van der Waals surface area contributed by atoms with E-state index in [-0.39, 0.29) is 9.92 Å². The molecule has 0 aliphatic carbocycles. The van der Waals surface area contributed by atoms with E-state index in [4.69, 9.17) is 16.3 Å². The summed E-state index contributed by atoms with van der Waals surface area (Å²) >= 11 is 6.02. The van der Waals surface area contributed by atoms with E-state index in [1.54, 1.807) is 12.1 Å². The summed E-state index contributed by atoms with van der Waals surface area (Å²) in [4.78, 5) is 0.124. The molecule has 0 atom stereocenters. The van der Waals surface area contributed by atoms with E-state index in [1.165, 1.54) is 30.6 Å². The normalized spacial score (nSPS) is 11.3. The molecule has 0 radical (unpaired) electrons. The lowest BCUT2D eigenvalue weighted by molar-refractivity contribution is 0.414. The molecular formula is C16H18ClNO3S. The summed E-state index contributed by atoms with van der Waals surface area (Å²) < 4.78 is 31.7. The molecule has 0 saturated carbocycles. The molecule has 22 heavy (non-hydrogen) atoms. The predicted octanol–water partition coefficient (Wildman–Crippen LogP) is 3.79. The Morgan fingerprint density at radius 2 is 1.73 bits per heavy atom. The van der Waals surface area contributed by atoms with Gasteiger partial charge in [-0.05, 0) is 55.3 Å². The topological polar surface area (TPSA) is 46.6 Å². The standard InChI is InChI=1S/C16H18ClNO3S/c1-11-5-6-13(9-12(11)2)18(3)22(19,20)14-7-8-16(21-4)15(17)10-14/h5-10H,1-4H3. The molecule has 6 heteroatoms. The smallest absolute Gasteiger partial charge is 0.264 e. The Kier molecular flexibility index (Phi) is 4.68. The van der Waals surface area contributed by atoms with E-state index >= 15 is 0 Å². The fourth-order valence-corrected chi connectivity index (χ4v) is 3.56. The first-order chi connectivity index (χ1) is 10.3. The van der Waals surface area contributed by atoms with E-state index in [0.29, 0.717) is 11.4 Å². The lowest BCUT2D eigenvalue weighted by Crippen LogP contribution is -2.26. The molecule has 0 unspecified atom stereocenters. The fourth-order valence-electron chi connectivity index (χ4n) is 2.03. The van der Waals surface area contributed by atoms with Gasteiger partial charge in [0.15, 0.2) is 0 Å². The van der Waals surface area contributed by atoms with E-state index in [0.717, 1.165) is 11.1 Å². The Balaban J connectivity index is 2.44. The third-order valence-electron chi connectivity index (χ3n) is 3.64. The maximum atomic E-state index is 12.7. The minimum absolute atomic E-state index is 0.124. The first kappa shape index (κ1) is 16.6. The molecule has 2 rings (SSSR count). The quantitative estimate of drug-likeness (QED) is 0.851. The van der Waals surface area contributed by atoms with Crippen LogP contribution in [0.2, 0.25) is 5.02 Å². The lowest BCUT2D eigenvalue weighted by atomic mass is 10.1. The molecule has 0 spiro atoms. The van der Waals surface area contributed by atoms with E-state index in [1.807, 2.05) is 26.0 Å². The second-order valence-corrected chi connectivity index (χ2v) is 7.41. The number of hydrogen-bond acceptors (Lipinski definition) is 3. The van der Waals surface area contributed by atoms with E-state index in [2.05, 4.69) is 0 Å². The highest BCUT2D eigenvalue weighted by molar-refractivity contribution is 7.92. The molecule has 0 N–H and O–H groups in total. The van der Waals surface area contributed by atoms with Gasteiger partial charge < -0.3 is 4.74 Å². The summed E-state index contributed by atoms with van der Waals surface area (Å²) in [5.41, 5.74) is 2.75. The number of nitrogens with zero attached hydrogens (tertiary/aromatic N) is 1. The minimum Gasteiger partial charge on any atom is -0.495 e. The highest BCUT2D eigenvalue weighted by atomic mass is 35.5. The number of anilines is 1. The zero-order valence-electron chi connectivity index (χ0n) is 12.9. The van der Waals surface area contributed by atoms with Crippen molar-refractivity contribution in [1.29, 1.82) is 0 Å². The minimum atomic E-state index is -3.68. The Morgan fingerprint density at radius 3 is 2.27 bits per heavy atom. The van der Waals surface area contributed by atoms with Crippen molar-refractivity contribution in [3.8, 4) is 5.75 Å². The van der Waals surface area contributed by atoms with Crippen molar-refractivity contribution in [3.05, 3.63) is 52.5 Å². The molecule has 0 aliphatic rings. The molecule has 2 aromatic rings. The largest absolute Gasteiger partial charge is 0.495 e. The average Bonchev–Trinajstić information content (AvgIpc) is 2.49. The number of hydrogen-bond donors (Lipinski definition) is 0. The number of methoxy groups -OCH3 is 1. The number of sulfonamides is 1. The van der Waals surface area contributed by atoms with Crippen LogP contribution in [0.25, 0.3) is 0 Å². The van der Waals surface area contributed by atoms with Crippen LogP contribution in [0.5, 0.6) is 5.75 Å². The van der Waals surface area contributed by atoms with Gasteiger partial charge in [-0.2, -0.15) is 0 Å². The molecule has 0 bridgehead atoms. The van der Waals surface area contributed by atoms with E-state index in [9.17, 15) is 8.42 Å². The van der Waals surface area contributed by atoms with Gasteiger partial charge in [-0.15, -0.1) is 0 Å². The molecule has 0 heterocycles. The Morgan fingerprint density at radius 1 is 1.05 bits per heavy atom. The van der Waals surface area contributed by atoms with Crippen molar-refractivity contribution >= 4 is 27.3 Å². The maximum absolute atomic E-state index is 12.7. The van der Waals surface area contributed by atoms with Gasteiger partial charge in [0.1, 0.15) is 5.75 Å². The molecule has 0 saturated heterocycles. The van der Waals surface area contributed by atoms with Crippen molar-refractivity contribution in [1.82, 2.24) is 0 Å². The van der Waals surface area contributed by atoms with Gasteiger partial charge in [0, 0.05) is 7.05 Å². The van der Waals surface area contributed by atoms with Gasteiger partial charge in [0.05, 0.1) is 22.7 Å². The highest BCUT2D eigenvalue weighted by Crippen LogP contribution is 2.30. The molecule has 0 fully saturated rings. The van der Waals surface area contributed by atoms with Crippen LogP contribution in [0.4, 0.5) is 5.69 Å². The van der Waals surface area contributed by atoms with Crippen LogP contribution in [0.3, 0.4) is 0 Å². The molecule has 0 aliphatic heterocycles. The van der Waals surface area contributed by atoms with E-state index < -0.39 is 10.0 Å². The Hall–Kier alpha value is -1.72. The third-order valence-corrected chi connectivity index (χ3v) is 5.71. The number of aryl methyl sites for hydroxylation is 2. The summed E-state index contributed by atoms with van der Waals surface area (Å²) in [6, 6.07) is 9.95. The van der Waals surface area contributed by atoms with Crippen LogP contribution in [0.1, 0.15) is 11.1 Å². The molecule has 0 amide bonds. The molecule has 4 nitrogen and oxygen atoms in total. The number of ether oxygens (including phenoxy) is 1. The molecule has 2 aromatic carbocycles. The van der Waals surface area contributed by atoms with Crippen LogP contribution in [0.15, 0.2) is 41.3 Å². The SMILES string of the molecule is COc1ccc(S(=O)(=O)N(C)c2ccc(C)c(C)c2)cc1Cl. The lowest BCUT2D eigenvalue weighted by Gasteiger charge is -2.21. The Bertz CT molecular complexity index is 803. The van der Waals surface area contributed by atoms with Crippen molar-refractivity contribution < 1.29 is 13.2 Å². The zero-order valence-corrected chi connectivity index (χ0v) is 14.5. The predicted molar refractivity (Wildman–Crippen MR) is 89.5 cm³/mol. The van der Waals surface area contributed by atoms with Gasteiger partial charge in [0.2, 0.25) is 0 Å². The zero-order chi connectivity index (χ0) is 16.5. The molecule has 0 aromatic heterocycles. The fraction of sp³-hybridized carbons (Fsp3) is 0.250. The number of benzene rings is 2. The number of rotatable bonds is 4. The van der Waals surface area contributed by atoms with Gasteiger partial charge in [0.25, 0.3) is 10.0 Å². The Labute approximate surface area is 136 Å². The van der Waals surface area contributed by atoms with Crippen molar-refractivity contribution in [3.63, 3.8) is 0 Å². The maximum Gasteiger partial charge on any atom is 0.264 e. The van der Waals surface area contributed by atoms with Crippen LogP contribution in [-0.2, 0) is 10.0 Å². The summed E-state index contributed by atoms with van der Waals surface area (Å²) in [5, 5.41) is 0.261. The first-order valence-corrected chi connectivity index (χ1v) is 8.49. The van der Waals surface area contributed by atoms with Crippen LogP contribution >= 0.6 is 11.6 Å². The summed E-state index contributed by atoms with van der Waals surface area (Å²) in [6.07, 6.45) is 0. The van der Waals surface area contributed by atoms with Crippen LogP contribution < -0.4 is 9.04 Å². The van der Waals surface area contributed by atoms with Crippen molar-refractivity contribution in [2.24, 2.45) is 0 Å².